The molecule has 0 aromatic rings. The van der Waals surface area contributed by atoms with Gasteiger partial charge in [0.1, 0.15) is 6.54 Å². The fourth-order valence-electron chi connectivity index (χ4n) is 4.32. The standard InChI is InChI=1S/C28H56NO4P/c1-5-6-7-8-9-10-11-12-13-14-15-16-17-18-19-20-21-22-23-24-25-26-28(30,34(31,32)33)27-29(2,3)4/h11-12,21-22,30H,5-10,13-20,23-27H2,1-4H3,(H-,31,32,33)/p+1/b12-11-,22-21-. The van der Waals surface area contributed by atoms with Crippen molar-refractivity contribution in [2.75, 3.05) is 27.7 Å². The summed E-state index contributed by atoms with van der Waals surface area (Å²) < 4.78 is 12.1. The molecule has 0 aromatic carbocycles. The molecule has 0 aromatic heterocycles. The molecule has 0 bridgehead atoms. The van der Waals surface area contributed by atoms with Gasteiger partial charge in [0, 0.05) is 0 Å². The molecule has 202 valence electrons. The molecule has 0 saturated heterocycles. The average Bonchev–Trinajstić information content (AvgIpc) is 2.73. The summed E-state index contributed by atoms with van der Waals surface area (Å²) in [6.07, 6.45) is 29.9. The molecule has 0 fully saturated rings. The molecule has 0 rings (SSSR count). The number of nitrogens with zero attached hydrogens (tertiary/aromatic N) is 1. The zero-order valence-electron chi connectivity index (χ0n) is 22.9. The van der Waals surface area contributed by atoms with Crippen LogP contribution in [-0.2, 0) is 4.57 Å². The van der Waals surface area contributed by atoms with Gasteiger partial charge >= 0.3 is 7.60 Å². The van der Waals surface area contributed by atoms with Crippen LogP contribution >= 0.6 is 7.60 Å². The lowest BCUT2D eigenvalue weighted by molar-refractivity contribution is -0.875. The van der Waals surface area contributed by atoms with Crippen LogP contribution in [0.2, 0.25) is 0 Å². The highest BCUT2D eigenvalue weighted by Gasteiger charge is 2.48. The predicted molar refractivity (Wildman–Crippen MR) is 147 cm³/mol. The quantitative estimate of drug-likeness (QED) is 0.0578. The summed E-state index contributed by atoms with van der Waals surface area (Å²) >= 11 is 0. The van der Waals surface area contributed by atoms with Crippen LogP contribution in [0.4, 0.5) is 0 Å². The Bertz CT molecular complexity index is 579. The normalized spacial score (nSPS) is 14.9. The van der Waals surface area contributed by atoms with Gasteiger partial charge in [-0.15, -0.1) is 0 Å². The summed E-state index contributed by atoms with van der Waals surface area (Å²) in [4.78, 5) is 19.2. The third-order valence-corrected chi connectivity index (χ3v) is 7.72. The van der Waals surface area contributed by atoms with Crippen LogP contribution in [0.5, 0.6) is 0 Å². The van der Waals surface area contributed by atoms with E-state index in [1.807, 2.05) is 21.1 Å². The largest absolute Gasteiger partial charge is 0.373 e. The van der Waals surface area contributed by atoms with Crippen molar-refractivity contribution in [2.45, 2.75) is 128 Å². The number of rotatable bonds is 23. The van der Waals surface area contributed by atoms with Crippen LogP contribution in [0.15, 0.2) is 24.3 Å². The minimum Gasteiger partial charge on any atom is -0.373 e. The predicted octanol–water partition coefficient (Wildman–Crippen LogP) is 7.71. The summed E-state index contributed by atoms with van der Waals surface area (Å²) in [6, 6.07) is 0. The molecule has 5 nitrogen and oxygen atoms in total. The second-order valence-corrected chi connectivity index (χ2v) is 13.0. The van der Waals surface area contributed by atoms with Crippen molar-refractivity contribution in [3.05, 3.63) is 24.3 Å². The van der Waals surface area contributed by atoms with Gasteiger partial charge in [0.15, 0.2) is 0 Å². The van der Waals surface area contributed by atoms with Gasteiger partial charge in [-0.2, -0.15) is 0 Å². The van der Waals surface area contributed by atoms with Gasteiger partial charge in [0.25, 0.3) is 0 Å². The number of aliphatic hydroxyl groups is 1. The zero-order valence-corrected chi connectivity index (χ0v) is 23.8. The maximum absolute atomic E-state index is 11.8. The van der Waals surface area contributed by atoms with Crippen molar-refractivity contribution < 1.29 is 23.9 Å². The molecule has 6 heteroatoms. The van der Waals surface area contributed by atoms with E-state index >= 15 is 0 Å². The first-order valence-electron chi connectivity index (χ1n) is 13.9. The van der Waals surface area contributed by atoms with Crippen LogP contribution in [0, 0.1) is 0 Å². The maximum Gasteiger partial charge on any atom is 0.362 e. The van der Waals surface area contributed by atoms with Gasteiger partial charge in [0.05, 0.1) is 21.1 Å². The van der Waals surface area contributed by atoms with E-state index in [1.54, 1.807) is 0 Å². The molecule has 34 heavy (non-hydrogen) atoms. The summed E-state index contributed by atoms with van der Waals surface area (Å²) in [6.45, 7) is 2.31. The molecule has 0 aliphatic heterocycles. The molecule has 0 radical (unpaired) electrons. The van der Waals surface area contributed by atoms with E-state index in [0.29, 0.717) is 10.9 Å². The Morgan fingerprint density at radius 3 is 1.35 bits per heavy atom. The van der Waals surface area contributed by atoms with Crippen LogP contribution in [0.25, 0.3) is 0 Å². The van der Waals surface area contributed by atoms with Crippen molar-refractivity contribution in [1.82, 2.24) is 0 Å². The number of allylic oxidation sites excluding steroid dienone is 4. The first-order valence-corrected chi connectivity index (χ1v) is 15.5. The Morgan fingerprint density at radius 2 is 1.00 bits per heavy atom. The van der Waals surface area contributed by atoms with Gasteiger partial charge in [-0.05, 0) is 64.2 Å². The first kappa shape index (κ1) is 33.5. The summed E-state index contributed by atoms with van der Waals surface area (Å²) in [5, 5.41) is 8.61. The lowest BCUT2D eigenvalue weighted by Crippen LogP contribution is -2.49. The minimum absolute atomic E-state index is 0.0447. The maximum atomic E-state index is 11.8. The van der Waals surface area contributed by atoms with Crippen LogP contribution in [0.3, 0.4) is 0 Å². The second-order valence-electron chi connectivity index (χ2n) is 11.1. The van der Waals surface area contributed by atoms with E-state index in [9.17, 15) is 19.5 Å². The van der Waals surface area contributed by atoms with Crippen LogP contribution < -0.4 is 0 Å². The van der Waals surface area contributed by atoms with Crippen molar-refractivity contribution in [1.29, 1.82) is 0 Å². The smallest absolute Gasteiger partial charge is 0.362 e. The monoisotopic (exact) mass is 502 g/mol. The SMILES string of the molecule is CCCCCCC/C=C\CCCCCCCC/C=C\CCCCC(O)(C[N+](C)(C)C)P(=O)(O)O. The van der Waals surface area contributed by atoms with E-state index in [1.165, 1.54) is 83.5 Å². The molecule has 1 atom stereocenters. The third-order valence-electron chi connectivity index (χ3n) is 6.27. The van der Waals surface area contributed by atoms with Crippen LogP contribution in [-0.4, -0.2) is 52.4 Å². The molecule has 0 heterocycles. The van der Waals surface area contributed by atoms with Crippen molar-refractivity contribution in [2.24, 2.45) is 0 Å². The Labute approximate surface area is 211 Å². The average molecular weight is 503 g/mol. The zero-order chi connectivity index (χ0) is 25.8. The topological polar surface area (TPSA) is 77.8 Å². The molecule has 1 unspecified atom stereocenters. The Hall–Kier alpha value is -0.450. The molecule has 0 amide bonds. The van der Waals surface area contributed by atoms with E-state index in [2.05, 4.69) is 31.2 Å². The molecule has 0 aliphatic rings. The van der Waals surface area contributed by atoms with E-state index in [4.69, 9.17) is 0 Å². The van der Waals surface area contributed by atoms with Crippen LogP contribution in [0.1, 0.15) is 122 Å². The number of unbranched alkanes of at least 4 members (excludes halogenated alkanes) is 14. The van der Waals surface area contributed by atoms with E-state index in [-0.39, 0.29) is 13.0 Å². The highest BCUT2D eigenvalue weighted by Crippen LogP contribution is 2.52. The Morgan fingerprint density at radius 1 is 0.647 bits per heavy atom. The van der Waals surface area contributed by atoms with E-state index < -0.39 is 12.9 Å². The summed E-state index contributed by atoms with van der Waals surface area (Å²) in [5.41, 5.74) is 0. The number of hydrogen-bond acceptors (Lipinski definition) is 2. The summed E-state index contributed by atoms with van der Waals surface area (Å²) in [7, 11) is 0.935. The highest BCUT2D eigenvalue weighted by molar-refractivity contribution is 7.53. The van der Waals surface area contributed by atoms with Gasteiger partial charge in [-0.25, -0.2) is 0 Å². The van der Waals surface area contributed by atoms with E-state index in [0.717, 1.165) is 19.3 Å². The molecule has 0 spiro atoms. The first-order chi connectivity index (χ1) is 16.0. The minimum atomic E-state index is -4.56. The molecule has 3 N–H and O–H groups in total. The van der Waals surface area contributed by atoms with Gasteiger partial charge in [-0.3, -0.25) is 4.57 Å². The summed E-state index contributed by atoms with van der Waals surface area (Å²) in [5.74, 6) is 0. The lowest BCUT2D eigenvalue weighted by atomic mass is 10.1. The highest BCUT2D eigenvalue weighted by atomic mass is 31.2. The van der Waals surface area contributed by atoms with Crippen molar-refractivity contribution in [3.8, 4) is 0 Å². The van der Waals surface area contributed by atoms with Crippen molar-refractivity contribution in [3.63, 3.8) is 0 Å². The molecule has 0 saturated carbocycles. The van der Waals surface area contributed by atoms with Gasteiger partial charge < -0.3 is 19.4 Å². The lowest BCUT2D eigenvalue weighted by Gasteiger charge is -2.35. The fraction of sp³-hybridized carbons (Fsp3) is 0.857. The Balaban J connectivity index is 3.62. The molecule has 0 aliphatic carbocycles. The fourth-order valence-corrected chi connectivity index (χ4v) is 5.37. The molecular weight excluding hydrogens is 445 g/mol. The number of hydrogen-bond donors (Lipinski definition) is 3. The van der Waals surface area contributed by atoms with Crippen molar-refractivity contribution >= 4 is 7.60 Å². The second kappa shape index (κ2) is 19.7. The third kappa shape index (κ3) is 19.8. The number of quaternary nitrogens is 1. The van der Waals surface area contributed by atoms with Gasteiger partial charge in [0.2, 0.25) is 5.34 Å². The molecular formula is C28H57NO4P+. The Kier molecular flexibility index (Phi) is 19.4. The number of likely N-dealkylation sites (N-methyl/N-ethyl adjacent to an activating group) is 1. The van der Waals surface area contributed by atoms with Gasteiger partial charge in [-0.1, -0.05) is 82.6 Å².